The summed E-state index contributed by atoms with van der Waals surface area (Å²) in [6.07, 6.45) is 0.862. The summed E-state index contributed by atoms with van der Waals surface area (Å²) in [4.78, 5) is 27.2. The maximum atomic E-state index is 12.1. The van der Waals surface area contributed by atoms with Gasteiger partial charge in [-0.3, -0.25) is 9.59 Å². The Hall–Kier alpha value is -1.14. The fourth-order valence-corrected chi connectivity index (χ4v) is 2.01. The molecule has 1 aliphatic heterocycles. The minimum atomic E-state index is -0.513. The molecule has 0 aromatic heterocycles. The van der Waals surface area contributed by atoms with Crippen LogP contribution in [0.25, 0.3) is 0 Å². The number of rotatable bonds is 3. The van der Waals surface area contributed by atoms with Gasteiger partial charge in [0.25, 0.3) is 0 Å². The Morgan fingerprint density at radius 1 is 1.33 bits per heavy atom. The highest BCUT2D eigenvalue weighted by Crippen LogP contribution is 2.04. The molecule has 0 saturated carbocycles. The smallest absolute Gasteiger partial charge is 0.312 e. The molecule has 6 heteroatoms. The molecule has 2 N–H and O–H groups in total. The van der Waals surface area contributed by atoms with Crippen LogP contribution in [0.5, 0.6) is 0 Å². The van der Waals surface area contributed by atoms with Gasteiger partial charge in [0.15, 0.2) is 0 Å². The number of aliphatic hydroxyl groups is 1. The first-order chi connectivity index (χ1) is 8.57. The molecule has 1 fully saturated rings. The van der Waals surface area contributed by atoms with Crippen LogP contribution >= 0.6 is 0 Å². The third-order valence-electron chi connectivity index (χ3n) is 3.04. The van der Waals surface area contributed by atoms with Gasteiger partial charge in [-0.05, 0) is 26.8 Å². The molecule has 104 valence electrons. The monoisotopic (exact) mass is 257 g/mol. The molecule has 1 rings (SSSR count). The lowest BCUT2D eigenvalue weighted by atomic mass is 10.3. The molecule has 0 bridgehead atoms. The summed E-state index contributed by atoms with van der Waals surface area (Å²) in [6.45, 7) is 6.53. The van der Waals surface area contributed by atoms with E-state index in [9.17, 15) is 9.59 Å². The van der Waals surface area contributed by atoms with Crippen LogP contribution in [-0.2, 0) is 9.59 Å². The van der Waals surface area contributed by atoms with Crippen molar-refractivity contribution in [3.63, 3.8) is 0 Å². The third kappa shape index (κ3) is 3.96. The van der Waals surface area contributed by atoms with Crippen molar-refractivity contribution in [3.05, 3.63) is 0 Å². The summed E-state index contributed by atoms with van der Waals surface area (Å²) in [5.41, 5.74) is 0. The van der Waals surface area contributed by atoms with Crippen LogP contribution in [-0.4, -0.2) is 72.1 Å². The summed E-state index contributed by atoms with van der Waals surface area (Å²) >= 11 is 0. The van der Waals surface area contributed by atoms with E-state index >= 15 is 0 Å². The maximum absolute atomic E-state index is 12.1. The van der Waals surface area contributed by atoms with Gasteiger partial charge >= 0.3 is 11.8 Å². The van der Waals surface area contributed by atoms with Crippen LogP contribution < -0.4 is 5.32 Å². The molecule has 0 aromatic carbocycles. The topological polar surface area (TPSA) is 72.9 Å². The Morgan fingerprint density at radius 3 is 2.67 bits per heavy atom. The van der Waals surface area contributed by atoms with Crippen molar-refractivity contribution in [2.75, 3.05) is 39.3 Å². The minimum absolute atomic E-state index is 0.0845. The number of hydrogen-bond donors (Lipinski definition) is 2. The Labute approximate surface area is 108 Å². The molecule has 0 aromatic rings. The second-order valence-electron chi connectivity index (χ2n) is 4.71. The van der Waals surface area contributed by atoms with E-state index in [0.717, 1.165) is 19.5 Å². The number of carbonyl (C=O) groups is 2. The number of hydrogen-bond acceptors (Lipinski definition) is 4. The molecule has 6 nitrogen and oxygen atoms in total. The van der Waals surface area contributed by atoms with Gasteiger partial charge in [0.05, 0.1) is 6.61 Å². The van der Waals surface area contributed by atoms with Gasteiger partial charge in [-0.1, -0.05) is 0 Å². The molecule has 0 unspecified atom stereocenters. The molecule has 1 heterocycles. The fraction of sp³-hybridized carbons (Fsp3) is 0.833. The van der Waals surface area contributed by atoms with E-state index < -0.39 is 11.8 Å². The second-order valence-corrected chi connectivity index (χ2v) is 4.71. The number of amides is 2. The lowest BCUT2D eigenvalue weighted by molar-refractivity contribution is -0.153. The quantitative estimate of drug-likeness (QED) is 0.639. The molecule has 2 amide bonds. The summed E-state index contributed by atoms with van der Waals surface area (Å²) in [6, 6.07) is -0.0845. The van der Waals surface area contributed by atoms with E-state index in [1.807, 2.05) is 13.8 Å². The van der Waals surface area contributed by atoms with E-state index in [4.69, 9.17) is 5.11 Å². The Kier molecular flexibility index (Phi) is 6.07. The average molecular weight is 257 g/mol. The van der Waals surface area contributed by atoms with Crippen LogP contribution in [0, 0.1) is 0 Å². The molecule has 18 heavy (non-hydrogen) atoms. The highest BCUT2D eigenvalue weighted by Gasteiger charge is 2.28. The van der Waals surface area contributed by atoms with E-state index in [1.54, 1.807) is 4.90 Å². The highest BCUT2D eigenvalue weighted by atomic mass is 16.3. The zero-order chi connectivity index (χ0) is 13.5. The third-order valence-corrected chi connectivity index (χ3v) is 3.04. The predicted octanol–water partition coefficient (Wildman–Crippen LogP) is -0.962. The van der Waals surface area contributed by atoms with Crippen molar-refractivity contribution in [1.82, 2.24) is 15.1 Å². The first-order valence-electron chi connectivity index (χ1n) is 6.49. The Balaban J connectivity index is 2.65. The highest BCUT2D eigenvalue weighted by molar-refractivity contribution is 6.35. The standard InChI is InChI=1S/C12H23N3O3/c1-10(2)15(8-9-16)12(18)11(17)14-6-3-4-13-5-7-14/h10,13,16H,3-9H2,1-2H3. The van der Waals surface area contributed by atoms with Gasteiger partial charge in [0, 0.05) is 32.2 Å². The second kappa shape index (κ2) is 7.33. The van der Waals surface area contributed by atoms with Crippen LogP contribution in [0.1, 0.15) is 20.3 Å². The number of aliphatic hydroxyl groups excluding tert-OH is 1. The molecule has 1 saturated heterocycles. The van der Waals surface area contributed by atoms with Crippen molar-refractivity contribution < 1.29 is 14.7 Å². The van der Waals surface area contributed by atoms with Gasteiger partial charge in [0.2, 0.25) is 0 Å². The molecule has 0 spiro atoms. The number of nitrogens with one attached hydrogen (secondary N) is 1. The number of carbonyl (C=O) groups excluding carboxylic acids is 2. The van der Waals surface area contributed by atoms with Crippen LogP contribution in [0.4, 0.5) is 0 Å². The van der Waals surface area contributed by atoms with Crippen molar-refractivity contribution in [2.24, 2.45) is 0 Å². The van der Waals surface area contributed by atoms with Crippen LogP contribution in [0.3, 0.4) is 0 Å². The van der Waals surface area contributed by atoms with Crippen molar-refractivity contribution >= 4 is 11.8 Å². The molecule has 0 radical (unpaired) electrons. The van der Waals surface area contributed by atoms with Crippen molar-refractivity contribution in [1.29, 1.82) is 0 Å². The normalized spacial score (nSPS) is 16.6. The van der Waals surface area contributed by atoms with Crippen LogP contribution in [0.15, 0.2) is 0 Å². The maximum Gasteiger partial charge on any atom is 0.312 e. The van der Waals surface area contributed by atoms with E-state index in [2.05, 4.69) is 5.32 Å². The summed E-state index contributed by atoms with van der Waals surface area (Å²) in [7, 11) is 0. The van der Waals surface area contributed by atoms with Gasteiger partial charge in [0.1, 0.15) is 0 Å². The molecule has 1 aliphatic rings. The van der Waals surface area contributed by atoms with Crippen molar-refractivity contribution in [3.8, 4) is 0 Å². The minimum Gasteiger partial charge on any atom is -0.395 e. The Morgan fingerprint density at radius 2 is 2.06 bits per heavy atom. The van der Waals surface area contributed by atoms with Crippen LogP contribution in [0.2, 0.25) is 0 Å². The zero-order valence-corrected chi connectivity index (χ0v) is 11.2. The van der Waals surface area contributed by atoms with E-state index in [-0.39, 0.29) is 19.2 Å². The summed E-state index contributed by atoms with van der Waals surface area (Å²) in [5, 5.41) is 12.1. The van der Waals surface area contributed by atoms with Crippen molar-refractivity contribution in [2.45, 2.75) is 26.3 Å². The predicted molar refractivity (Wildman–Crippen MR) is 68.0 cm³/mol. The van der Waals surface area contributed by atoms with E-state index in [1.165, 1.54) is 4.90 Å². The fourth-order valence-electron chi connectivity index (χ4n) is 2.01. The molecular weight excluding hydrogens is 234 g/mol. The molecular formula is C12H23N3O3. The average Bonchev–Trinajstić information content (AvgIpc) is 2.62. The molecule has 0 atom stereocenters. The number of nitrogens with zero attached hydrogens (tertiary/aromatic N) is 2. The lowest BCUT2D eigenvalue weighted by Gasteiger charge is -2.28. The zero-order valence-electron chi connectivity index (χ0n) is 11.2. The molecule has 0 aliphatic carbocycles. The van der Waals surface area contributed by atoms with Gasteiger partial charge in [-0.2, -0.15) is 0 Å². The first kappa shape index (κ1) is 14.9. The van der Waals surface area contributed by atoms with Gasteiger partial charge < -0.3 is 20.2 Å². The van der Waals surface area contributed by atoms with E-state index in [0.29, 0.717) is 13.1 Å². The largest absolute Gasteiger partial charge is 0.395 e. The summed E-state index contributed by atoms with van der Waals surface area (Å²) in [5.74, 6) is -0.971. The first-order valence-corrected chi connectivity index (χ1v) is 6.49. The Bertz CT molecular complexity index is 286. The summed E-state index contributed by atoms with van der Waals surface area (Å²) < 4.78 is 0. The SMILES string of the molecule is CC(C)N(CCO)C(=O)C(=O)N1CCCNCC1. The van der Waals surface area contributed by atoms with Gasteiger partial charge in [-0.25, -0.2) is 0 Å². The lowest BCUT2D eigenvalue weighted by Crippen LogP contribution is -2.49. The van der Waals surface area contributed by atoms with Gasteiger partial charge in [-0.15, -0.1) is 0 Å².